The highest BCUT2D eigenvalue weighted by molar-refractivity contribution is 4.84. The fourth-order valence-electron chi connectivity index (χ4n) is 1.69. The van der Waals surface area contributed by atoms with Crippen LogP contribution in [0.5, 0.6) is 0 Å². The third-order valence-corrected chi connectivity index (χ3v) is 2.28. The lowest BCUT2D eigenvalue weighted by atomic mass is 9.92. The Bertz CT molecular complexity index is 175. The van der Waals surface area contributed by atoms with Crippen LogP contribution in [0.3, 0.4) is 0 Å². The van der Waals surface area contributed by atoms with Crippen LogP contribution in [0, 0.1) is 5.41 Å². The van der Waals surface area contributed by atoms with Gasteiger partial charge in [-0.25, -0.2) is 0 Å². The molecule has 0 fully saturated rings. The maximum absolute atomic E-state index is 3.78. The second-order valence-corrected chi connectivity index (χ2v) is 4.72. The van der Waals surface area contributed by atoms with Gasteiger partial charge in [0.25, 0.3) is 0 Å². The number of rotatable bonds is 9. The first kappa shape index (κ1) is 14.4. The van der Waals surface area contributed by atoms with Crippen molar-refractivity contribution in [2.24, 2.45) is 5.41 Å². The monoisotopic (exact) mass is 210 g/mol. The highest BCUT2D eigenvalue weighted by Crippen LogP contribution is 2.15. The summed E-state index contributed by atoms with van der Waals surface area (Å²) >= 11 is 0. The van der Waals surface area contributed by atoms with E-state index in [9.17, 15) is 0 Å². The Morgan fingerprint density at radius 3 is 2.13 bits per heavy atom. The Morgan fingerprint density at radius 1 is 1.20 bits per heavy atom. The lowest BCUT2D eigenvalue weighted by molar-refractivity contribution is 0.203. The Hall–Kier alpha value is -0.600. The first-order valence-corrected chi connectivity index (χ1v) is 5.70. The first-order chi connectivity index (χ1) is 7.05. The van der Waals surface area contributed by atoms with E-state index in [1.807, 2.05) is 12.2 Å². The average Bonchev–Trinajstić information content (AvgIpc) is 2.15. The fourth-order valence-corrected chi connectivity index (χ4v) is 1.69. The van der Waals surface area contributed by atoms with Gasteiger partial charge >= 0.3 is 0 Å². The van der Waals surface area contributed by atoms with E-state index < -0.39 is 0 Å². The fraction of sp³-hybridized carbons (Fsp3) is 0.692. The summed E-state index contributed by atoms with van der Waals surface area (Å²) in [5.41, 5.74) is 0.294. The minimum Gasteiger partial charge on any atom is -0.316 e. The van der Waals surface area contributed by atoms with Crippen molar-refractivity contribution in [1.82, 2.24) is 10.2 Å². The molecule has 0 aromatic heterocycles. The zero-order valence-corrected chi connectivity index (χ0v) is 10.6. The SMILES string of the molecule is C=CCN(CC=C)CC(C)(C)CNCC. The largest absolute Gasteiger partial charge is 0.316 e. The molecule has 15 heavy (non-hydrogen) atoms. The first-order valence-electron chi connectivity index (χ1n) is 5.70. The molecule has 88 valence electrons. The molecule has 0 amide bonds. The van der Waals surface area contributed by atoms with Gasteiger partial charge in [-0.1, -0.05) is 32.9 Å². The van der Waals surface area contributed by atoms with Crippen molar-refractivity contribution >= 4 is 0 Å². The quantitative estimate of drug-likeness (QED) is 0.587. The van der Waals surface area contributed by atoms with Crippen molar-refractivity contribution in [3.8, 4) is 0 Å². The van der Waals surface area contributed by atoms with Crippen molar-refractivity contribution in [2.75, 3.05) is 32.7 Å². The van der Waals surface area contributed by atoms with E-state index in [1.54, 1.807) is 0 Å². The molecule has 0 unspecified atom stereocenters. The van der Waals surface area contributed by atoms with Gasteiger partial charge in [0.05, 0.1) is 0 Å². The topological polar surface area (TPSA) is 15.3 Å². The van der Waals surface area contributed by atoms with E-state index in [1.165, 1.54) is 0 Å². The molecule has 0 aliphatic rings. The Morgan fingerprint density at radius 2 is 1.73 bits per heavy atom. The lowest BCUT2D eigenvalue weighted by Gasteiger charge is -2.31. The van der Waals surface area contributed by atoms with E-state index in [2.05, 4.69) is 44.1 Å². The standard InChI is InChI=1S/C13H26N2/c1-6-9-15(10-7-2)12-13(4,5)11-14-8-3/h6-7,14H,1-2,8-12H2,3-5H3. The van der Waals surface area contributed by atoms with Gasteiger partial charge in [0.15, 0.2) is 0 Å². The van der Waals surface area contributed by atoms with Gasteiger partial charge in [0, 0.05) is 26.2 Å². The van der Waals surface area contributed by atoms with Crippen molar-refractivity contribution in [3.05, 3.63) is 25.3 Å². The third-order valence-electron chi connectivity index (χ3n) is 2.28. The molecule has 2 heteroatoms. The average molecular weight is 210 g/mol. The van der Waals surface area contributed by atoms with Gasteiger partial charge in [-0.3, -0.25) is 4.90 Å². The van der Waals surface area contributed by atoms with Crippen LogP contribution in [0.25, 0.3) is 0 Å². The summed E-state index contributed by atoms with van der Waals surface area (Å²) in [5.74, 6) is 0. The molecule has 2 nitrogen and oxygen atoms in total. The predicted octanol–water partition coefficient (Wildman–Crippen LogP) is 2.30. The van der Waals surface area contributed by atoms with Crippen LogP contribution in [-0.4, -0.2) is 37.6 Å². The second kappa shape index (κ2) is 7.66. The Kier molecular flexibility index (Phi) is 7.35. The second-order valence-electron chi connectivity index (χ2n) is 4.72. The molecule has 0 rings (SSSR count). The van der Waals surface area contributed by atoms with Gasteiger partial charge in [-0.05, 0) is 12.0 Å². The van der Waals surface area contributed by atoms with E-state index in [-0.39, 0.29) is 0 Å². The molecule has 0 radical (unpaired) electrons. The third kappa shape index (κ3) is 7.34. The maximum Gasteiger partial charge on any atom is 0.0164 e. The normalized spacial score (nSPS) is 11.7. The predicted molar refractivity (Wildman–Crippen MR) is 69.2 cm³/mol. The van der Waals surface area contributed by atoms with Crippen molar-refractivity contribution < 1.29 is 0 Å². The Balaban J connectivity index is 4.09. The minimum atomic E-state index is 0.294. The molecule has 0 heterocycles. The lowest BCUT2D eigenvalue weighted by Crippen LogP contribution is -2.40. The molecule has 0 spiro atoms. The number of nitrogens with one attached hydrogen (secondary N) is 1. The van der Waals surface area contributed by atoms with Crippen LogP contribution in [0.2, 0.25) is 0 Å². The van der Waals surface area contributed by atoms with Crippen LogP contribution >= 0.6 is 0 Å². The van der Waals surface area contributed by atoms with Gasteiger partial charge < -0.3 is 5.32 Å². The zero-order chi connectivity index (χ0) is 11.7. The van der Waals surface area contributed by atoms with E-state index in [4.69, 9.17) is 0 Å². The molecule has 0 aliphatic carbocycles. The summed E-state index contributed by atoms with van der Waals surface area (Å²) in [5, 5.41) is 3.40. The summed E-state index contributed by atoms with van der Waals surface area (Å²) in [4.78, 5) is 2.36. The number of hydrogen-bond donors (Lipinski definition) is 1. The summed E-state index contributed by atoms with van der Waals surface area (Å²) in [6, 6.07) is 0. The van der Waals surface area contributed by atoms with Crippen LogP contribution < -0.4 is 5.32 Å². The van der Waals surface area contributed by atoms with Gasteiger partial charge in [0.2, 0.25) is 0 Å². The number of nitrogens with zero attached hydrogens (tertiary/aromatic N) is 1. The van der Waals surface area contributed by atoms with Crippen molar-refractivity contribution in [3.63, 3.8) is 0 Å². The van der Waals surface area contributed by atoms with Crippen LogP contribution in [0.15, 0.2) is 25.3 Å². The molecule has 1 N–H and O–H groups in total. The molecular weight excluding hydrogens is 184 g/mol. The summed E-state index contributed by atoms with van der Waals surface area (Å²) in [6.07, 6.45) is 3.90. The molecule has 0 aliphatic heterocycles. The van der Waals surface area contributed by atoms with Crippen LogP contribution in [0.1, 0.15) is 20.8 Å². The number of hydrogen-bond acceptors (Lipinski definition) is 2. The highest BCUT2D eigenvalue weighted by Gasteiger charge is 2.19. The van der Waals surface area contributed by atoms with E-state index in [0.717, 1.165) is 32.7 Å². The minimum absolute atomic E-state index is 0.294. The van der Waals surface area contributed by atoms with Gasteiger partial charge in [-0.2, -0.15) is 0 Å². The molecule has 0 bridgehead atoms. The van der Waals surface area contributed by atoms with Crippen LogP contribution in [-0.2, 0) is 0 Å². The highest BCUT2D eigenvalue weighted by atomic mass is 15.1. The van der Waals surface area contributed by atoms with Crippen molar-refractivity contribution in [1.29, 1.82) is 0 Å². The summed E-state index contributed by atoms with van der Waals surface area (Å²) in [6.45, 7) is 19.3. The summed E-state index contributed by atoms with van der Waals surface area (Å²) < 4.78 is 0. The molecular formula is C13H26N2. The molecule has 0 atom stereocenters. The van der Waals surface area contributed by atoms with Crippen LogP contribution in [0.4, 0.5) is 0 Å². The molecule has 0 aromatic carbocycles. The summed E-state index contributed by atoms with van der Waals surface area (Å²) in [7, 11) is 0. The van der Waals surface area contributed by atoms with Gasteiger partial charge in [0.1, 0.15) is 0 Å². The molecule has 0 saturated carbocycles. The molecule has 0 aromatic rings. The van der Waals surface area contributed by atoms with Gasteiger partial charge in [-0.15, -0.1) is 13.2 Å². The Labute approximate surface area is 95.0 Å². The zero-order valence-electron chi connectivity index (χ0n) is 10.6. The van der Waals surface area contributed by atoms with E-state index >= 15 is 0 Å². The molecule has 0 saturated heterocycles. The maximum atomic E-state index is 3.78. The van der Waals surface area contributed by atoms with E-state index in [0.29, 0.717) is 5.41 Å². The smallest absolute Gasteiger partial charge is 0.0164 e. The van der Waals surface area contributed by atoms with Crippen molar-refractivity contribution in [2.45, 2.75) is 20.8 Å².